The van der Waals surface area contributed by atoms with Gasteiger partial charge in [0.1, 0.15) is 6.61 Å². The maximum atomic E-state index is 5.59. The first-order valence-corrected chi connectivity index (χ1v) is 10.7. The number of hydrogen-bond acceptors (Lipinski definition) is 4. The van der Waals surface area contributed by atoms with Crippen molar-refractivity contribution in [3.05, 3.63) is 59.7 Å². The molecule has 2 aromatic carbocycles. The number of rotatable bonds is 8. The minimum atomic E-state index is 0.208. The Balaban J connectivity index is 1.46. The van der Waals surface area contributed by atoms with Crippen molar-refractivity contribution >= 4 is 5.96 Å². The fourth-order valence-corrected chi connectivity index (χ4v) is 3.71. The van der Waals surface area contributed by atoms with Crippen molar-refractivity contribution in [2.75, 3.05) is 33.9 Å². The summed E-state index contributed by atoms with van der Waals surface area (Å²) in [5, 5.41) is 6.95. The van der Waals surface area contributed by atoms with Gasteiger partial charge in [0.15, 0.2) is 17.5 Å². The van der Waals surface area contributed by atoms with Gasteiger partial charge in [0.05, 0.1) is 7.11 Å². The van der Waals surface area contributed by atoms with Crippen LogP contribution >= 0.6 is 0 Å². The largest absolute Gasteiger partial charge is 0.493 e. The number of likely N-dealkylation sites (tertiary alicyclic amines) is 1. The molecule has 3 rings (SSSR count). The van der Waals surface area contributed by atoms with E-state index >= 15 is 0 Å². The summed E-state index contributed by atoms with van der Waals surface area (Å²) in [5.41, 5.74) is 2.44. The molecule has 0 spiro atoms. The predicted molar refractivity (Wildman–Crippen MR) is 125 cm³/mol. The monoisotopic (exact) mass is 420 g/mol. The first-order chi connectivity index (χ1) is 15.2. The van der Waals surface area contributed by atoms with Crippen LogP contribution in [-0.4, -0.2) is 50.8 Å². The van der Waals surface area contributed by atoms with E-state index in [0.717, 1.165) is 44.0 Å². The van der Waals surface area contributed by atoms with Crippen molar-refractivity contribution in [2.24, 2.45) is 4.99 Å². The molecule has 0 radical (unpaired) electrons. The second kappa shape index (κ2) is 11.9. The van der Waals surface area contributed by atoms with E-state index < -0.39 is 0 Å². The molecule has 2 aromatic rings. The molecule has 0 saturated carbocycles. The maximum Gasteiger partial charge on any atom is 0.191 e. The maximum absolute atomic E-state index is 5.59. The minimum absolute atomic E-state index is 0.208. The molecule has 164 valence electrons. The van der Waals surface area contributed by atoms with Gasteiger partial charge < -0.3 is 20.1 Å². The summed E-state index contributed by atoms with van der Waals surface area (Å²) in [7, 11) is 3.42. The van der Waals surface area contributed by atoms with Gasteiger partial charge >= 0.3 is 0 Å². The van der Waals surface area contributed by atoms with Crippen LogP contribution in [0.3, 0.4) is 0 Å². The zero-order valence-electron chi connectivity index (χ0n) is 18.4. The summed E-state index contributed by atoms with van der Waals surface area (Å²) in [6.45, 7) is 4.01. The molecule has 0 unspecified atom stereocenters. The van der Waals surface area contributed by atoms with Crippen molar-refractivity contribution in [1.29, 1.82) is 0 Å². The number of hydrogen-bond donors (Lipinski definition) is 2. The Morgan fingerprint density at radius 1 is 1.13 bits per heavy atom. The van der Waals surface area contributed by atoms with Gasteiger partial charge in [-0.3, -0.25) is 9.89 Å². The lowest BCUT2D eigenvalue weighted by Gasteiger charge is -2.33. The standard InChI is InChI=1S/C25H32N4O2/c1-4-16-31-24-17-21(10-11-23(24)30-3)18-27-25(26-2)28-22-12-14-29(15-13-22)19-20-8-6-5-7-9-20/h1,5-11,17,22H,12-16,18-19H2,2-3H3,(H2,26,27,28). The van der Waals surface area contributed by atoms with Gasteiger partial charge in [-0.15, -0.1) is 6.42 Å². The van der Waals surface area contributed by atoms with E-state index in [4.69, 9.17) is 15.9 Å². The Morgan fingerprint density at radius 3 is 2.58 bits per heavy atom. The number of ether oxygens (including phenoxy) is 2. The zero-order chi connectivity index (χ0) is 21.9. The number of methoxy groups -OCH3 is 1. The summed E-state index contributed by atoms with van der Waals surface area (Å²) in [6, 6.07) is 16.9. The molecule has 31 heavy (non-hydrogen) atoms. The Morgan fingerprint density at radius 2 is 1.90 bits per heavy atom. The molecule has 1 heterocycles. The summed E-state index contributed by atoms with van der Waals surface area (Å²) in [6.07, 6.45) is 7.50. The van der Waals surface area contributed by atoms with Crippen LogP contribution in [0.5, 0.6) is 11.5 Å². The van der Waals surface area contributed by atoms with E-state index in [-0.39, 0.29) is 6.61 Å². The van der Waals surface area contributed by atoms with E-state index in [2.05, 4.69) is 56.8 Å². The van der Waals surface area contributed by atoms with Crippen LogP contribution in [0.15, 0.2) is 53.5 Å². The van der Waals surface area contributed by atoms with Crippen molar-refractivity contribution in [3.8, 4) is 23.8 Å². The molecule has 2 N–H and O–H groups in total. The minimum Gasteiger partial charge on any atom is -0.493 e. The van der Waals surface area contributed by atoms with E-state index in [0.29, 0.717) is 24.1 Å². The van der Waals surface area contributed by atoms with Gasteiger partial charge in [0, 0.05) is 39.3 Å². The molecular formula is C25H32N4O2. The van der Waals surface area contributed by atoms with Gasteiger partial charge in [-0.1, -0.05) is 42.3 Å². The van der Waals surface area contributed by atoms with E-state index in [1.807, 2.05) is 18.2 Å². The van der Waals surface area contributed by atoms with Crippen LogP contribution < -0.4 is 20.1 Å². The van der Waals surface area contributed by atoms with Crippen LogP contribution in [0.4, 0.5) is 0 Å². The third-order valence-corrected chi connectivity index (χ3v) is 5.40. The van der Waals surface area contributed by atoms with Crippen molar-refractivity contribution in [2.45, 2.75) is 32.0 Å². The van der Waals surface area contributed by atoms with Crippen LogP contribution in [0.1, 0.15) is 24.0 Å². The van der Waals surface area contributed by atoms with Crippen molar-refractivity contribution in [3.63, 3.8) is 0 Å². The molecule has 0 atom stereocenters. The molecule has 1 fully saturated rings. The zero-order valence-corrected chi connectivity index (χ0v) is 18.4. The smallest absolute Gasteiger partial charge is 0.191 e. The lowest BCUT2D eigenvalue weighted by atomic mass is 10.0. The predicted octanol–water partition coefficient (Wildman–Crippen LogP) is 3.04. The Bertz CT molecular complexity index is 884. The van der Waals surface area contributed by atoms with Crippen LogP contribution in [0.25, 0.3) is 0 Å². The Labute approximate surface area is 185 Å². The first-order valence-electron chi connectivity index (χ1n) is 10.7. The van der Waals surface area contributed by atoms with Crippen molar-refractivity contribution < 1.29 is 9.47 Å². The van der Waals surface area contributed by atoms with Gasteiger partial charge in [-0.25, -0.2) is 0 Å². The fourth-order valence-electron chi connectivity index (χ4n) is 3.71. The number of nitrogens with one attached hydrogen (secondary N) is 2. The quantitative estimate of drug-likeness (QED) is 0.391. The lowest BCUT2D eigenvalue weighted by molar-refractivity contribution is 0.198. The molecule has 1 aliphatic heterocycles. The third kappa shape index (κ3) is 6.94. The first kappa shape index (κ1) is 22.5. The summed E-state index contributed by atoms with van der Waals surface area (Å²) in [5.74, 6) is 4.61. The topological polar surface area (TPSA) is 58.1 Å². The van der Waals surface area contributed by atoms with Gasteiger partial charge in [-0.05, 0) is 36.1 Å². The Hall–Kier alpha value is -3.17. The third-order valence-electron chi connectivity index (χ3n) is 5.40. The number of guanidine groups is 1. The summed E-state index contributed by atoms with van der Waals surface area (Å²) >= 11 is 0. The molecule has 1 saturated heterocycles. The molecule has 1 aliphatic rings. The average molecular weight is 421 g/mol. The number of terminal acetylenes is 1. The van der Waals surface area contributed by atoms with Gasteiger partial charge in [0.2, 0.25) is 0 Å². The molecule has 0 aromatic heterocycles. The van der Waals surface area contributed by atoms with Gasteiger partial charge in [-0.2, -0.15) is 0 Å². The summed E-state index contributed by atoms with van der Waals surface area (Å²) < 4.78 is 10.9. The number of nitrogens with zero attached hydrogens (tertiary/aromatic N) is 2. The van der Waals surface area contributed by atoms with Crippen LogP contribution in [0, 0.1) is 12.3 Å². The highest BCUT2D eigenvalue weighted by Crippen LogP contribution is 2.28. The second-order valence-corrected chi connectivity index (χ2v) is 7.58. The number of aliphatic imine (C=N–C) groups is 1. The van der Waals surface area contributed by atoms with Crippen molar-refractivity contribution in [1.82, 2.24) is 15.5 Å². The molecule has 0 amide bonds. The average Bonchev–Trinajstić information content (AvgIpc) is 2.82. The molecular weight excluding hydrogens is 388 g/mol. The Kier molecular flexibility index (Phi) is 8.62. The van der Waals surface area contributed by atoms with E-state index in [9.17, 15) is 0 Å². The normalized spacial score (nSPS) is 15.2. The highest BCUT2D eigenvalue weighted by molar-refractivity contribution is 5.80. The van der Waals surface area contributed by atoms with Crippen LogP contribution in [0.2, 0.25) is 0 Å². The SMILES string of the molecule is C#CCOc1cc(CNC(=NC)NC2CCN(Cc3ccccc3)CC2)ccc1OC. The summed E-state index contributed by atoms with van der Waals surface area (Å²) in [4.78, 5) is 6.90. The van der Waals surface area contributed by atoms with Crippen LogP contribution in [-0.2, 0) is 13.1 Å². The van der Waals surface area contributed by atoms with E-state index in [1.54, 1.807) is 14.2 Å². The number of benzene rings is 2. The molecule has 0 aliphatic carbocycles. The number of piperidine rings is 1. The van der Waals surface area contributed by atoms with Gasteiger partial charge in [0.25, 0.3) is 0 Å². The second-order valence-electron chi connectivity index (χ2n) is 7.58. The highest BCUT2D eigenvalue weighted by atomic mass is 16.5. The molecule has 6 nitrogen and oxygen atoms in total. The highest BCUT2D eigenvalue weighted by Gasteiger charge is 2.20. The fraction of sp³-hybridized carbons (Fsp3) is 0.400. The lowest BCUT2D eigenvalue weighted by Crippen LogP contribution is -2.48. The molecule has 6 heteroatoms. The molecule has 0 bridgehead atoms. The van der Waals surface area contributed by atoms with E-state index in [1.165, 1.54) is 5.56 Å².